The number of aromatic nitrogens is 1. The molecule has 110 valence electrons. The van der Waals surface area contributed by atoms with Crippen molar-refractivity contribution < 1.29 is 18.8 Å². The summed E-state index contributed by atoms with van der Waals surface area (Å²) in [5, 5.41) is 3.72. The number of hydrogen-bond acceptors (Lipinski definition) is 5. The number of carbonyl (C=O) groups excluding carboxylic acids is 1. The largest absolute Gasteiger partial charge is 0.486 e. The summed E-state index contributed by atoms with van der Waals surface area (Å²) in [6.45, 7) is 2.59. The molecule has 1 amide bonds. The highest BCUT2D eigenvalue weighted by atomic mass is 16.6. The van der Waals surface area contributed by atoms with Crippen LogP contribution < -0.4 is 9.47 Å². The summed E-state index contributed by atoms with van der Waals surface area (Å²) in [7, 11) is 1.70. The van der Waals surface area contributed by atoms with Crippen LogP contribution >= 0.6 is 0 Å². The van der Waals surface area contributed by atoms with Crippen LogP contribution in [0, 0.1) is 6.92 Å². The van der Waals surface area contributed by atoms with Crippen molar-refractivity contribution in [2.75, 3.05) is 20.2 Å². The molecule has 3 rings (SSSR count). The van der Waals surface area contributed by atoms with Gasteiger partial charge in [0.15, 0.2) is 17.6 Å². The number of aryl methyl sites for hydroxylation is 1. The molecule has 1 aliphatic rings. The van der Waals surface area contributed by atoms with E-state index in [-0.39, 0.29) is 17.8 Å². The Morgan fingerprint density at radius 1 is 1.38 bits per heavy atom. The molecule has 0 N–H and O–H groups in total. The summed E-state index contributed by atoms with van der Waals surface area (Å²) < 4.78 is 16.4. The number of fused-ring (bicyclic) bond motifs is 1. The maximum Gasteiger partial charge on any atom is 0.292 e. The molecule has 6 nitrogen and oxygen atoms in total. The van der Waals surface area contributed by atoms with Gasteiger partial charge < -0.3 is 18.9 Å². The SMILES string of the molecule is Cc1cc(C(=O)N(C)CC2COc3ccccc3O2)on1. The molecule has 21 heavy (non-hydrogen) atoms. The molecule has 0 aliphatic carbocycles. The number of likely N-dealkylation sites (N-methyl/N-ethyl adjacent to an activating group) is 1. The first-order chi connectivity index (χ1) is 10.1. The van der Waals surface area contributed by atoms with Gasteiger partial charge in [0.05, 0.1) is 12.2 Å². The summed E-state index contributed by atoms with van der Waals surface area (Å²) in [5.41, 5.74) is 0.679. The van der Waals surface area contributed by atoms with Gasteiger partial charge in [-0.2, -0.15) is 0 Å². The molecule has 1 aromatic carbocycles. The number of para-hydroxylation sites is 2. The average molecular weight is 288 g/mol. The molecular formula is C15H16N2O4. The van der Waals surface area contributed by atoms with Crippen LogP contribution in [0.15, 0.2) is 34.9 Å². The summed E-state index contributed by atoms with van der Waals surface area (Å²) in [5.74, 6) is 1.43. The minimum Gasteiger partial charge on any atom is -0.486 e. The second-order valence-electron chi connectivity index (χ2n) is 5.02. The number of ether oxygens (including phenoxy) is 2. The Hall–Kier alpha value is -2.50. The van der Waals surface area contributed by atoms with E-state index in [1.54, 1.807) is 24.9 Å². The van der Waals surface area contributed by atoms with Crippen LogP contribution in [0.1, 0.15) is 16.2 Å². The van der Waals surface area contributed by atoms with Gasteiger partial charge in [0.1, 0.15) is 6.61 Å². The highest BCUT2D eigenvalue weighted by molar-refractivity contribution is 5.91. The molecule has 1 atom stereocenters. The predicted molar refractivity (Wildman–Crippen MR) is 74.6 cm³/mol. The predicted octanol–water partition coefficient (Wildman–Crippen LogP) is 1.90. The topological polar surface area (TPSA) is 64.8 Å². The molecule has 0 saturated carbocycles. The molecule has 0 radical (unpaired) electrons. The summed E-state index contributed by atoms with van der Waals surface area (Å²) in [6, 6.07) is 9.11. The molecular weight excluding hydrogens is 272 g/mol. The fourth-order valence-electron chi connectivity index (χ4n) is 2.19. The maximum absolute atomic E-state index is 12.2. The number of hydrogen-bond donors (Lipinski definition) is 0. The monoisotopic (exact) mass is 288 g/mol. The van der Waals surface area contributed by atoms with Crippen LogP contribution in [-0.4, -0.2) is 42.3 Å². The third-order valence-electron chi connectivity index (χ3n) is 3.23. The van der Waals surface area contributed by atoms with Gasteiger partial charge in [0.25, 0.3) is 5.91 Å². The van der Waals surface area contributed by atoms with Crippen molar-refractivity contribution in [3.05, 3.63) is 41.8 Å². The number of benzene rings is 1. The summed E-state index contributed by atoms with van der Waals surface area (Å²) in [4.78, 5) is 13.7. The Bertz CT molecular complexity index is 653. The molecule has 2 aromatic rings. The number of rotatable bonds is 3. The van der Waals surface area contributed by atoms with Crippen LogP contribution in [0.25, 0.3) is 0 Å². The molecule has 0 fully saturated rings. The second kappa shape index (κ2) is 5.47. The molecule has 0 spiro atoms. The maximum atomic E-state index is 12.2. The van der Waals surface area contributed by atoms with Crippen LogP contribution in [0.4, 0.5) is 0 Å². The first kappa shape index (κ1) is 13.5. The second-order valence-corrected chi connectivity index (χ2v) is 5.02. The highest BCUT2D eigenvalue weighted by Crippen LogP contribution is 2.31. The third-order valence-corrected chi connectivity index (χ3v) is 3.23. The van der Waals surface area contributed by atoms with Crippen LogP contribution in [0.3, 0.4) is 0 Å². The van der Waals surface area contributed by atoms with E-state index < -0.39 is 0 Å². The Morgan fingerprint density at radius 3 is 2.86 bits per heavy atom. The minimum absolute atomic E-state index is 0.210. The lowest BCUT2D eigenvalue weighted by Gasteiger charge is -2.29. The van der Waals surface area contributed by atoms with Crippen molar-refractivity contribution in [1.82, 2.24) is 10.1 Å². The first-order valence-corrected chi connectivity index (χ1v) is 6.71. The zero-order valence-corrected chi connectivity index (χ0v) is 11.9. The summed E-state index contributed by atoms with van der Waals surface area (Å²) >= 11 is 0. The van der Waals surface area contributed by atoms with E-state index in [4.69, 9.17) is 14.0 Å². The molecule has 6 heteroatoms. The lowest BCUT2D eigenvalue weighted by Crippen LogP contribution is -2.41. The van der Waals surface area contributed by atoms with Crippen molar-refractivity contribution in [2.24, 2.45) is 0 Å². The zero-order valence-electron chi connectivity index (χ0n) is 11.9. The Labute approximate surface area is 122 Å². The fraction of sp³-hybridized carbons (Fsp3) is 0.333. The molecule has 0 bridgehead atoms. The Kier molecular flexibility index (Phi) is 3.51. The van der Waals surface area contributed by atoms with E-state index in [9.17, 15) is 4.79 Å². The van der Waals surface area contributed by atoms with E-state index in [1.807, 2.05) is 24.3 Å². The highest BCUT2D eigenvalue weighted by Gasteiger charge is 2.25. The van der Waals surface area contributed by atoms with Crippen molar-refractivity contribution >= 4 is 5.91 Å². The number of amides is 1. The third kappa shape index (κ3) is 2.84. The van der Waals surface area contributed by atoms with E-state index in [1.165, 1.54) is 0 Å². The van der Waals surface area contributed by atoms with Crippen molar-refractivity contribution in [1.29, 1.82) is 0 Å². The molecule has 1 unspecified atom stereocenters. The van der Waals surface area contributed by atoms with Crippen molar-refractivity contribution in [2.45, 2.75) is 13.0 Å². The fourth-order valence-corrected chi connectivity index (χ4v) is 2.19. The molecule has 1 aliphatic heterocycles. The van der Waals surface area contributed by atoms with E-state index in [0.29, 0.717) is 24.6 Å². The van der Waals surface area contributed by atoms with E-state index >= 15 is 0 Å². The smallest absolute Gasteiger partial charge is 0.292 e. The standard InChI is InChI=1S/C15H16N2O4/c1-10-7-14(21-16-10)15(18)17(2)8-11-9-19-12-5-3-4-6-13(12)20-11/h3-7,11H,8-9H2,1-2H3. The van der Waals surface area contributed by atoms with Crippen molar-refractivity contribution in [3.8, 4) is 11.5 Å². The minimum atomic E-state index is -0.224. The van der Waals surface area contributed by atoms with Crippen molar-refractivity contribution in [3.63, 3.8) is 0 Å². The number of carbonyl (C=O) groups is 1. The van der Waals surface area contributed by atoms with Gasteiger partial charge in [0, 0.05) is 13.1 Å². The van der Waals surface area contributed by atoms with Gasteiger partial charge >= 0.3 is 0 Å². The lowest BCUT2D eigenvalue weighted by atomic mass is 10.2. The molecule has 2 heterocycles. The Balaban J connectivity index is 1.63. The van der Waals surface area contributed by atoms with Gasteiger partial charge in [-0.05, 0) is 19.1 Å². The van der Waals surface area contributed by atoms with E-state index in [2.05, 4.69) is 5.16 Å². The van der Waals surface area contributed by atoms with E-state index in [0.717, 1.165) is 5.75 Å². The van der Waals surface area contributed by atoms with Crippen LogP contribution in [-0.2, 0) is 0 Å². The van der Waals surface area contributed by atoms with Crippen LogP contribution in [0.2, 0.25) is 0 Å². The van der Waals surface area contributed by atoms with Gasteiger partial charge in [-0.3, -0.25) is 4.79 Å². The Morgan fingerprint density at radius 2 is 2.14 bits per heavy atom. The quantitative estimate of drug-likeness (QED) is 0.863. The van der Waals surface area contributed by atoms with Gasteiger partial charge in [0.2, 0.25) is 5.76 Å². The van der Waals surface area contributed by atoms with Crippen LogP contribution in [0.5, 0.6) is 11.5 Å². The van der Waals surface area contributed by atoms with Gasteiger partial charge in [-0.25, -0.2) is 0 Å². The summed E-state index contributed by atoms with van der Waals surface area (Å²) in [6.07, 6.45) is -0.210. The molecule has 0 saturated heterocycles. The lowest BCUT2D eigenvalue weighted by molar-refractivity contribution is 0.0496. The molecule has 1 aromatic heterocycles. The normalized spacial score (nSPS) is 16.6. The average Bonchev–Trinajstić information content (AvgIpc) is 2.93. The zero-order chi connectivity index (χ0) is 14.8. The number of nitrogens with zero attached hydrogens (tertiary/aromatic N) is 2. The van der Waals surface area contributed by atoms with Gasteiger partial charge in [-0.1, -0.05) is 17.3 Å². The van der Waals surface area contributed by atoms with Gasteiger partial charge in [-0.15, -0.1) is 0 Å². The first-order valence-electron chi connectivity index (χ1n) is 6.71.